The smallest absolute Gasteiger partial charge is 0.213 e. The van der Waals surface area contributed by atoms with Gasteiger partial charge in [-0.1, -0.05) is 11.8 Å². The van der Waals surface area contributed by atoms with Crippen molar-refractivity contribution in [1.29, 1.82) is 0 Å². The van der Waals surface area contributed by atoms with Crippen LogP contribution in [0, 0.1) is 0 Å². The molecule has 0 fully saturated rings. The molecule has 8 heteroatoms. The van der Waals surface area contributed by atoms with Gasteiger partial charge in [0.05, 0.1) is 18.1 Å². The van der Waals surface area contributed by atoms with E-state index >= 15 is 0 Å². The molecular weight excluding hydrogens is 274 g/mol. The van der Waals surface area contributed by atoms with E-state index in [2.05, 4.69) is 14.3 Å². The third-order valence-electron chi connectivity index (χ3n) is 2.61. The molecule has 6 nitrogen and oxygen atoms in total. The highest BCUT2D eigenvalue weighted by molar-refractivity contribution is 7.99. The lowest BCUT2D eigenvalue weighted by Crippen LogP contribution is -2.30. The van der Waals surface area contributed by atoms with Gasteiger partial charge in [0, 0.05) is 38.6 Å². The summed E-state index contributed by atoms with van der Waals surface area (Å²) in [5, 5.41) is 1.03. The zero-order valence-corrected chi connectivity index (χ0v) is 11.9. The van der Waals surface area contributed by atoms with E-state index in [0.717, 1.165) is 23.1 Å². The molecule has 0 aromatic carbocycles. The van der Waals surface area contributed by atoms with Gasteiger partial charge in [0.1, 0.15) is 0 Å². The Morgan fingerprint density at radius 2 is 2.44 bits per heavy atom. The molecule has 2 rings (SSSR count). The van der Waals surface area contributed by atoms with Crippen molar-refractivity contribution in [3.05, 3.63) is 11.9 Å². The number of nitrogens with zero attached hydrogens (tertiary/aromatic N) is 2. The van der Waals surface area contributed by atoms with E-state index in [1.54, 1.807) is 11.8 Å². The molecule has 1 N–H and O–H groups in total. The second kappa shape index (κ2) is 6.05. The first-order valence-corrected chi connectivity index (χ1v) is 8.39. The van der Waals surface area contributed by atoms with Gasteiger partial charge in [-0.15, -0.1) is 0 Å². The van der Waals surface area contributed by atoms with Crippen LogP contribution in [0.4, 0.5) is 0 Å². The molecule has 0 spiro atoms. The lowest BCUT2D eigenvalue weighted by molar-refractivity contribution is 0.217. The van der Waals surface area contributed by atoms with Gasteiger partial charge in [-0.05, 0) is 0 Å². The van der Waals surface area contributed by atoms with E-state index in [0.29, 0.717) is 13.0 Å². The van der Waals surface area contributed by atoms with Crippen molar-refractivity contribution in [1.82, 2.24) is 14.3 Å². The zero-order chi connectivity index (χ0) is 13.0. The summed E-state index contributed by atoms with van der Waals surface area (Å²) < 4.78 is 32.4. The fraction of sp³-hybridized carbons (Fsp3) is 0.700. The number of fused-ring (bicyclic) bond motifs is 1. The number of hydrogen-bond acceptors (Lipinski definition) is 5. The largest absolute Gasteiger partial charge is 0.384 e. The predicted molar refractivity (Wildman–Crippen MR) is 70.3 cm³/mol. The number of hydrogen-bond donors (Lipinski definition) is 1. The number of imidazole rings is 1. The number of methoxy groups -OCH3 is 1. The minimum absolute atomic E-state index is 0.000950. The molecule has 0 aliphatic carbocycles. The van der Waals surface area contributed by atoms with Crippen LogP contribution in [0.2, 0.25) is 0 Å². The molecule has 0 radical (unpaired) electrons. The maximum absolute atomic E-state index is 11.5. The van der Waals surface area contributed by atoms with Crippen molar-refractivity contribution < 1.29 is 13.2 Å². The van der Waals surface area contributed by atoms with Crippen molar-refractivity contribution in [2.24, 2.45) is 0 Å². The minimum atomic E-state index is -3.22. The van der Waals surface area contributed by atoms with Crippen LogP contribution in [0.3, 0.4) is 0 Å². The third-order valence-corrected chi connectivity index (χ3v) is 4.93. The van der Waals surface area contributed by atoms with Crippen LogP contribution >= 0.6 is 11.8 Å². The molecule has 1 aromatic rings. The Morgan fingerprint density at radius 3 is 3.17 bits per heavy atom. The van der Waals surface area contributed by atoms with Gasteiger partial charge in [-0.25, -0.2) is 18.1 Å². The van der Waals surface area contributed by atoms with Crippen LogP contribution < -0.4 is 4.72 Å². The molecular formula is C10H17N3O3S2. The number of thioether (sulfide) groups is 1. The first-order valence-electron chi connectivity index (χ1n) is 5.76. The fourth-order valence-corrected chi connectivity index (χ4v) is 3.59. The number of rotatable bonds is 7. The highest BCUT2D eigenvalue weighted by Crippen LogP contribution is 2.24. The van der Waals surface area contributed by atoms with Crippen molar-refractivity contribution in [3.63, 3.8) is 0 Å². The molecule has 1 aliphatic heterocycles. The van der Waals surface area contributed by atoms with Gasteiger partial charge < -0.3 is 9.30 Å². The number of sulfonamides is 1. The molecule has 0 bridgehead atoms. The third kappa shape index (κ3) is 3.71. The fourth-order valence-electron chi connectivity index (χ4n) is 1.68. The molecule has 2 heterocycles. The van der Waals surface area contributed by atoms with Gasteiger partial charge in [0.25, 0.3) is 0 Å². The van der Waals surface area contributed by atoms with Crippen LogP contribution in [0.25, 0.3) is 0 Å². The Bertz CT molecular complexity index is 477. The summed E-state index contributed by atoms with van der Waals surface area (Å²) in [6, 6.07) is 0. The predicted octanol–water partition coefficient (Wildman–Crippen LogP) is 0.0971. The molecule has 102 valence electrons. The first kappa shape index (κ1) is 13.9. The van der Waals surface area contributed by atoms with E-state index < -0.39 is 10.0 Å². The molecule has 0 saturated carbocycles. The van der Waals surface area contributed by atoms with E-state index in [1.807, 2.05) is 6.20 Å². The average Bonchev–Trinajstić information content (AvgIpc) is 2.86. The van der Waals surface area contributed by atoms with Gasteiger partial charge in [-0.3, -0.25) is 0 Å². The minimum Gasteiger partial charge on any atom is -0.384 e. The maximum atomic E-state index is 11.5. The Hall–Kier alpha value is -0.570. The summed E-state index contributed by atoms with van der Waals surface area (Å²) >= 11 is 1.74. The summed E-state index contributed by atoms with van der Waals surface area (Å²) in [5.74, 6) is 1.07. The van der Waals surface area contributed by atoms with Crippen LogP contribution in [-0.4, -0.2) is 49.7 Å². The first-order chi connectivity index (χ1) is 8.61. The molecule has 0 atom stereocenters. The summed E-state index contributed by atoms with van der Waals surface area (Å²) in [6.45, 7) is 1.59. The second-order valence-electron chi connectivity index (χ2n) is 4.01. The zero-order valence-electron chi connectivity index (χ0n) is 10.3. The van der Waals surface area contributed by atoms with Crippen LogP contribution in [0.15, 0.2) is 11.4 Å². The molecule has 18 heavy (non-hydrogen) atoms. The second-order valence-corrected chi connectivity index (χ2v) is 7.00. The molecule has 0 saturated heterocycles. The number of aromatic nitrogens is 2. The highest BCUT2D eigenvalue weighted by Gasteiger charge is 2.15. The van der Waals surface area contributed by atoms with Gasteiger partial charge in [-0.2, -0.15) is 0 Å². The molecule has 0 amide bonds. The van der Waals surface area contributed by atoms with E-state index in [1.165, 1.54) is 7.11 Å². The molecule has 0 unspecified atom stereocenters. The van der Waals surface area contributed by atoms with E-state index in [-0.39, 0.29) is 12.4 Å². The van der Waals surface area contributed by atoms with Crippen molar-refractivity contribution in [2.45, 2.75) is 18.1 Å². The monoisotopic (exact) mass is 291 g/mol. The van der Waals surface area contributed by atoms with Crippen LogP contribution in [-0.2, 0) is 27.7 Å². The topological polar surface area (TPSA) is 73.2 Å². The summed E-state index contributed by atoms with van der Waals surface area (Å²) in [6.07, 6.45) is 2.62. The Balaban J connectivity index is 1.78. The van der Waals surface area contributed by atoms with Crippen LogP contribution in [0.5, 0.6) is 0 Å². The van der Waals surface area contributed by atoms with Gasteiger partial charge >= 0.3 is 0 Å². The number of nitrogens with one attached hydrogen (secondary N) is 1. The SMILES string of the molecule is COCCS(=O)(=O)NCCc1cn2c(n1)SCC2. The number of ether oxygens (including phenoxy) is 1. The lowest BCUT2D eigenvalue weighted by Gasteiger charge is -2.04. The highest BCUT2D eigenvalue weighted by atomic mass is 32.2. The van der Waals surface area contributed by atoms with Gasteiger partial charge in [0.15, 0.2) is 5.16 Å². The quantitative estimate of drug-likeness (QED) is 0.771. The maximum Gasteiger partial charge on any atom is 0.213 e. The van der Waals surface area contributed by atoms with E-state index in [4.69, 9.17) is 4.74 Å². The summed E-state index contributed by atoms with van der Waals surface area (Å²) in [5.41, 5.74) is 0.937. The summed E-state index contributed by atoms with van der Waals surface area (Å²) in [7, 11) is -1.74. The average molecular weight is 291 g/mol. The number of aryl methyl sites for hydroxylation is 1. The summed E-state index contributed by atoms with van der Waals surface area (Å²) in [4.78, 5) is 4.44. The molecule has 1 aliphatic rings. The van der Waals surface area contributed by atoms with Crippen LogP contribution in [0.1, 0.15) is 5.69 Å². The van der Waals surface area contributed by atoms with Crippen molar-refractivity contribution >= 4 is 21.8 Å². The van der Waals surface area contributed by atoms with Gasteiger partial charge in [0.2, 0.25) is 10.0 Å². The normalized spacial score (nSPS) is 14.9. The van der Waals surface area contributed by atoms with Crippen molar-refractivity contribution in [2.75, 3.05) is 31.8 Å². The van der Waals surface area contributed by atoms with Crippen molar-refractivity contribution in [3.8, 4) is 0 Å². The lowest BCUT2D eigenvalue weighted by atomic mass is 10.3. The molecule has 1 aromatic heterocycles. The standard InChI is InChI=1S/C10H17N3O3S2/c1-16-5-7-18(14,15)11-3-2-9-8-13-4-6-17-10(13)12-9/h8,11H,2-7H2,1H3. The Labute approximate surface area is 111 Å². The Morgan fingerprint density at radius 1 is 1.61 bits per heavy atom. The Kier molecular flexibility index (Phi) is 4.66. The van der Waals surface area contributed by atoms with E-state index in [9.17, 15) is 8.42 Å².